The average molecular weight is 661 g/mol. The molecule has 5 heterocycles. The second kappa shape index (κ2) is 13.0. The summed E-state index contributed by atoms with van der Waals surface area (Å²) in [7, 11) is 0. The van der Waals surface area contributed by atoms with Gasteiger partial charge in [-0.05, 0) is 55.9 Å². The molecule has 2 bridgehead atoms. The smallest absolute Gasteiger partial charge is 0.410 e. The molecule has 4 amide bonds. The molecule has 5 saturated heterocycles. The van der Waals surface area contributed by atoms with Crippen LogP contribution in [0.5, 0.6) is 0 Å². The van der Waals surface area contributed by atoms with Crippen LogP contribution in [0.25, 0.3) is 11.1 Å². The summed E-state index contributed by atoms with van der Waals surface area (Å²) < 4.78 is 23.2. The normalized spacial score (nSPS) is 27.2. The van der Waals surface area contributed by atoms with Crippen molar-refractivity contribution in [1.29, 1.82) is 0 Å². The Hall–Kier alpha value is -4.16. The van der Waals surface area contributed by atoms with Crippen molar-refractivity contribution in [3.8, 4) is 11.1 Å². The highest BCUT2D eigenvalue weighted by molar-refractivity contribution is 5.84. The van der Waals surface area contributed by atoms with Crippen LogP contribution in [0, 0.1) is 0 Å². The SMILES string of the molecule is CC(C)(C)OC(=O)N1C[C@@H]2CC[C@H]1CN2C(=O)CCC(=O)N[C@H]1CO[C@H]2[C@@H]1OC[C@@H]2NC(=O)OCC1c2ccccc2-c2ccccc21. The van der Waals surface area contributed by atoms with Gasteiger partial charge in [-0.1, -0.05) is 48.5 Å². The Balaban J connectivity index is 0.851. The van der Waals surface area contributed by atoms with E-state index in [9.17, 15) is 19.2 Å². The van der Waals surface area contributed by atoms with Gasteiger partial charge in [0.2, 0.25) is 11.8 Å². The second-order valence-corrected chi connectivity index (χ2v) is 14.4. The number of hydrogen-bond donors (Lipinski definition) is 2. The molecule has 0 spiro atoms. The number of ether oxygens (including phenoxy) is 4. The Morgan fingerprint density at radius 2 is 1.35 bits per heavy atom. The van der Waals surface area contributed by atoms with E-state index in [0.29, 0.717) is 13.1 Å². The van der Waals surface area contributed by atoms with Gasteiger partial charge in [-0.3, -0.25) is 9.59 Å². The molecule has 0 unspecified atom stereocenters. The van der Waals surface area contributed by atoms with Crippen LogP contribution in [0.4, 0.5) is 9.59 Å². The van der Waals surface area contributed by atoms with Gasteiger partial charge in [0.25, 0.3) is 0 Å². The van der Waals surface area contributed by atoms with Crippen molar-refractivity contribution in [1.82, 2.24) is 20.4 Å². The van der Waals surface area contributed by atoms with Gasteiger partial charge in [-0.15, -0.1) is 0 Å². The maximum atomic E-state index is 13.1. The number of piperazine rings is 1. The highest BCUT2D eigenvalue weighted by atomic mass is 16.6. The Bertz CT molecular complexity index is 1530. The highest BCUT2D eigenvalue weighted by Gasteiger charge is 2.49. The summed E-state index contributed by atoms with van der Waals surface area (Å²) in [6.07, 6.45) is 0.0532. The molecule has 256 valence electrons. The molecule has 0 saturated carbocycles. The first kappa shape index (κ1) is 32.4. The lowest BCUT2D eigenvalue weighted by molar-refractivity contribution is -0.143. The van der Waals surface area contributed by atoms with Crippen molar-refractivity contribution in [2.45, 2.75) is 94.3 Å². The first-order valence-corrected chi connectivity index (χ1v) is 17.0. The number of amides is 4. The summed E-state index contributed by atoms with van der Waals surface area (Å²) >= 11 is 0. The molecule has 6 atom stereocenters. The molecule has 0 aromatic heterocycles. The molecule has 48 heavy (non-hydrogen) atoms. The number of carbonyl (C=O) groups excluding carboxylic acids is 4. The third-order valence-electron chi connectivity index (χ3n) is 10.1. The van der Waals surface area contributed by atoms with Gasteiger partial charge < -0.3 is 39.4 Å². The maximum absolute atomic E-state index is 13.1. The number of hydrogen-bond acceptors (Lipinski definition) is 8. The quantitative estimate of drug-likeness (QED) is 0.461. The fraction of sp³-hybridized carbons (Fsp3) is 0.556. The second-order valence-electron chi connectivity index (χ2n) is 14.4. The van der Waals surface area contributed by atoms with Gasteiger partial charge in [0.1, 0.15) is 24.4 Å². The predicted octanol–water partition coefficient (Wildman–Crippen LogP) is 3.57. The fourth-order valence-electron chi connectivity index (χ4n) is 7.86. The zero-order valence-electron chi connectivity index (χ0n) is 27.7. The van der Waals surface area contributed by atoms with Gasteiger partial charge in [0, 0.05) is 37.9 Å². The van der Waals surface area contributed by atoms with E-state index in [-0.39, 0.29) is 74.6 Å². The first-order valence-electron chi connectivity index (χ1n) is 17.0. The summed E-state index contributed by atoms with van der Waals surface area (Å²) in [5.41, 5.74) is 4.03. The first-order chi connectivity index (χ1) is 23.1. The minimum atomic E-state index is -0.579. The van der Waals surface area contributed by atoms with E-state index in [4.69, 9.17) is 18.9 Å². The van der Waals surface area contributed by atoms with Gasteiger partial charge in [-0.25, -0.2) is 9.59 Å². The Morgan fingerprint density at radius 1 is 0.792 bits per heavy atom. The van der Waals surface area contributed by atoms with E-state index in [2.05, 4.69) is 34.9 Å². The molecule has 12 heteroatoms. The largest absolute Gasteiger partial charge is 0.449 e. The van der Waals surface area contributed by atoms with Crippen LogP contribution in [-0.2, 0) is 28.5 Å². The van der Waals surface area contributed by atoms with Crippen LogP contribution in [0.3, 0.4) is 0 Å². The number of alkyl carbamates (subject to hydrolysis) is 1. The molecule has 2 N–H and O–H groups in total. The standard InChI is InChI=1S/C36H44N4O8/c1-36(2,3)48-35(44)40-17-21-12-13-22(40)16-39(21)31(42)15-14-30(41)37-28-19-45-33-29(20-46-32(28)33)38-34(43)47-18-27-25-10-6-4-8-23(25)24-9-5-7-11-26(24)27/h4-11,21-22,27-29,32-33H,12-20H2,1-3H3,(H,37,41)(H,38,43)/t21-,22-,28-,29-,32+,33+/m0/s1. The van der Waals surface area contributed by atoms with Crippen molar-refractivity contribution >= 4 is 24.0 Å². The topological polar surface area (TPSA) is 136 Å². The summed E-state index contributed by atoms with van der Waals surface area (Å²) in [4.78, 5) is 55.1. The average Bonchev–Trinajstić information content (AvgIpc) is 3.75. The Morgan fingerprint density at radius 3 is 1.94 bits per heavy atom. The van der Waals surface area contributed by atoms with Gasteiger partial charge in [0.15, 0.2) is 0 Å². The predicted molar refractivity (Wildman–Crippen MR) is 174 cm³/mol. The lowest BCUT2D eigenvalue weighted by atomic mass is 9.90. The summed E-state index contributed by atoms with van der Waals surface area (Å²) in [6, 6.07) is 15.4. The van der Waals surface area contributed by atoms with Gasteiger partial charge in [-0.2, -0.15) is 0 Å². The van der Waals surface area contributed by atoms with Crippen molar-refractivity contribution in [3.05, 3.63) is 59.7 Å². The third-order valence-corrected chi connectivity index (χ3v) is 10.1. The van der Waals surface area contributed by atoms with Gasteiger partial charge >= 0.3 is 12.2 Å². The summed E-state index contributed by atoms with van der Waals surface area (Å²) in [5.74, 6) is -0.387. The van der Waals surface area contributed by atoms with Crippen molar-refractivity contribution in [3.63, 3.8) is 0 Å². The lowest BCUT2D eigenvalue weighted by Crippen LogP contribution is -2.65. The molecule has 6 aliphatic rings. The Kier molecular flexibility index (Phi) is 8.80. The van der Waals surface area contributed by atoms with E-state index in [1.165, 1.54) is 0 Å². The van der Waals surface area contributed by atoms with E-state index in [1.54, 1.807) is 4.90 Å². The molecule has 5 aliphatic heterocycles. The van der Waals surface area contributed by atoms with E-state index >= 15 is 0 Å². The molecule has 5 fully saturated rings. The van der Waals surface area contributed by atoms with E-state index < -0.39 is 29.9 Å². The molecule has 2 aromatic carbocycles. The lowest BCUT2D eigenvalue weighted by Gasteiger charge is -2.51. The zero-order chi connectivity index (χ0) is 33.6. The number of fused-ring (bicyclic) bond motifs is 7. The molecule has 12 nitrogen and oxygen atoms in total. The van der Waals surface area contributed by atoms with Crippen molar-refractivity contribution in [2.75, 3.05) is 32.9 Å². The number of nitrogens with zero attached hydrogens (tertiary/aromatic N) is 2. The van der Waals surface area contributed by atoms with E-state index in [1.807, 2.05) is 49.9 Å². The summed E-state index contributed by atoms with van der Waals surface area (Å²) in [6.45, 7) is 7.11. The number of benzene rings is 2. The van der Waals surface area contributed by atoms with E-state index in [0.717, 1.165) is 35.1 Å². The number of carbonyl (C=O) groups is 4. The molecular formula is C36H44N4O8. The van der Waals surface area contributed by atoms with Crippen molar-refractivity contribution < 1.29 is 38.1 Å². The number of nitrogens with one attached hydrogen (secondary N) is 2. The molecule has 2 aromatic rings. The van der Waals surface area contributed by atoms with Crippen LogP contribution in [-0.4, -0.2) is 109 Å². The van der Waals surface area contributed by atoms with Gasteiger partial charge in [0.05, 0.1) is 31.3 Å². The highest BCUT2D eigenvalue weighted by Crippen LogP contribution is 2.44. The fourth-order valence-corrected chi connectivity index (χ4v) is 7.86. The molecule has 8 rings (SSSR count). The van der Waals surface area contributed by atoms with Crippen molar-refractivity contribution in [2.24, 2.45) is 0 Å². The molecule has 1 aliphatic carbocycles. The monoisotopic (exact) mass is 660 g/mol. The third kappa shape index (κ3) is 6.47. The van der Waals surface area contributed by atoms with Crippen LogP contribution in [0.1, 0.15) is 63.5 Å². The van der Waals surface area contributed by atoms with Crippen LogP contribution >= 0.6 is 0 Å². The van der Waals surface area contributed by atoms with Crippen LogP contribution in [0.15, 0.2) is 48.5 Å². The van der Waals surface area contributed by atoms with Crippen LogP contribution < -0.4 is 10.6 Å². The summed E-state index contributed by atoms with van der Waals surface area (Å²) in [5, 5.41) is 5.87. The van der Waals surface area contributed by atoms with Crippen LogP contribution in [0.2, 0.25) is 0 Å². The maximum Gasteiger partial charge on any atom is 0.410 e. The minimum absolute atomic E-state index is 0.0395. The number of piperidine rings is 2. The Labute approximate surface area is 280 Å². The molecule has 0 radical (unpaired) electrons. The zero-order valence-corrected chi connectivity index (χ0v) is 27.7. The number of rotatable bonds is 7. The minimum Gasteiger partial charge on any atom is -0.449 e. The molecular weight excluding hydrogens is 616 g/mol.